The molecule has 0 amide bonds. The highest BCUT2D eigenvalue weighted by Crippen LogP contribution is 2.45. The summed E-state index contributed by atoms with van der Waals surface area (Å²) >= 11 is 0. The second kappa shape index (κ2) is 6.36. The molecule has 0 bridgehead atoms. The normalized spacial score (nSPS) is 25.7. The van der Waals surface area contributed by atoms with Crippen LogP contribution in [0.4, 0.5) is 0 Å². The van der Waals surface area contributed by atoms with Gasteiger partial charge in [0, 0.05) is 6.61 Å². The predicted molar refractivity (Wildman–Crippen MR) is 77.2 cm³/mol. The van der Waals surface area contributed by atoms with Gasteiger partial charge in [0.1, 0.15) is 0 Å². The Bertz CT molecular complexity index is 243. The molecule has 0 aliphatic heterocycles. The highest BCUT2D eigenvalue weighted by atomic mass is 16.5. The summed E-state index contributed by atoms with van der Waals surface area (Å²) in [7, 11) is 0. The van der Waals surface area contributed by atoms with Crippen molar-refractivity contribution in [2.45, 2.75) is 78.4 Å². The predicted octanol–water partition coefficient (Wildman–Crippen LogP) is 3.24. The molecule has 1 fully saturated rings. The standard InChI is InChI=1S/C15H32N2O/c1-6-12(3)13(17-16)15(18-7-2)10-8-14(4,5)9-11-15/h12-13,17H,6-11,16H2,1-5H3. The SMILES string of the molecule is CCOC1(C(NN)C(C)CC)CCC(C)(C)CC1. The maximum Gasteiger partial charge on any atom is 0.0851 e. The lowest BCUT2D eigenvalue weighted by molar-refractivity contribution is -0.116. The summed E-state index contributed by atoms with van der Waals surface area (Å²) in [5, 5.41) is 0. The molecule has 1 rings (SSSR count). The summed E-state index contributed by atoms with van der Waals surface area (Å²) in [5.74, 6) is 6.38. The van der Waals surface area contributed by atoms with E-state index in [2.05, 4.69) is 40.0 Å². The number of hydrazine groups is 1. The second-order valence-corrected chi connectivity index (χ2v) is 6.69. The van der Waals surface area contributed by atoms with Gasteiger partial charge in [0.15, 0.2) is 0 Å². The van der Waals surface area contributed by atoms with Gasteiger partial charge in [0.25, 0.3) is 0 Å². The third-order valence-corrected chi connectivity index (χ3v) is 4.84. The zero-order chi connectivity index (χ0) is 13.8. The lowest BCUT2D eigenvalue weighted by Gasteiger charge is -2.49. The summed E-state index contributed by atoms with van der Waals surface area (Å²) in [5.41, 5.74) is 3.44. The zero-order valence-corrected chi connectivity index (χ0v) is 12.9. The van der Waals surface area contributed by atoms with Gasteiger partial charge in [-0.1, -0.05) is 34.1 Å². The number of nitrogens with two attached hydrogens (primary N) is 1. The molecule has 3 nitrogen and oxygen atoms in total. The monoisotopic (exact) mass is 256 g/mol. The zero-order valence-electron chi connectivity index (χ0n) is 12.9. The topological polar surface area (TPSA) is 47.3 Å². The number of hydrogen-bond acceptors (Lipinski definition) is 3. The Kier molecular flexibility index (Phi) is 5.63. The highest BCUT2D eigenvalue weighted by Gasteiger charge is 2.45. The minimum absolute atomic E-state index is 0.0611. The average molecular weight is 256 g/mol. The van der Waals surface area contributed by atoms with Crippen LogP contribution in [0.25, 0.3) is 0 Å². The molecule has 0 spiro atoms. The largest absolute Gasteiger partial charge is 0.374 e. The van der Waals surface area contributed by atoms with Crippen LogP contribution in [0.3, 0.4) is 0 Å². The number of rotatable bonds is 6. The molecule has 108 valence electrons. The Labute approximate surface area is 113 Å². The van der Waals surface area contributed by atoms with Crippen molar-refractivity contribution >= 4 is 0 Å². The van der Waals surface area contributed by atoms with Gasteiger partial charge < -0.3 is 4.74 Å². The Morgan fingerprint density at radius 1 is 1.17 bits per heavy atom. The second-order valence-electron chi connectivity index (χ2n) is 6.69. The minimum atomic E-state index is -0.0611. The molecular formula is C15H32N2O. The van der Waals surface area contributed by atoms with Crippen LogP contribution in [0, 0.1) is 11.3 Å². The van der Waals surface area contributed by atoms with E-state index in [0.29, 0.717) is 11.3 Å². The van der Waals surface area contributed by atoms with E-state index in [1.54, 1.807) is 0 Å². The summed E-state index contributed by atoms with van der Waals surface area (Å²) in [6, 6.07) is 0.263. The van der Waals surface area contributed by atoms with Crippen molar-refractivity contribution < 1.29 is 4.74 Å². The van der Waals surface area contributed by atoms with E-state index in [0.717, 1.165) is 25.9 Å². The summed E-state index contributed by atoms with van der Waals surface area (Å²) in [6.45, 7) is 12.1. The highest BCUT2D eigenvalue weighted by molar-refractivity contribution is 4.99. The first-order chi connectivity index (χ1) is 8.40. The van der Waals surface area contributed by atoms with E-state index in [-0.39, 0.29) is 11.6 Å². The first-order valence-electron chi connectivity index (χ1n) is 7.51. The van der Waals surface area contributed by atoms with Crippen LogP contribution in [0.5, 0.6) is 0 Å². The van der Waals surface area contributed by atoms with Crippen molar-refractivity contribution in [3.63, 3.8) is 0 Å². The summed E-state index contributed by atoms with van der Waals surface area (Å²) < 4.78 is 6.20. The van der Waals surface area contributed by atoms with Gasteiger partial charge >= 0.3 is 0 Å². The Hall–Kier alpha value is -0.120. The molecule has 0 heterocycles. The van der Waals surface area contributed by atoms with Gasteiger partial charge in [-0.25, -0.2) is 0 Å². The van der Waals surface area contributed by atoms with Gasteiger partial charge in [0.2, 0.25) is 0 Å². The van der Waals surface area contributed by atoms with Gasteiger partial charge in [0.05, 0.1) is 11.6 Å². The molecule has 0 aromatic carbocycles. The molecular weight excluding hydrogens is 224 g/mol. The molecule has 2 unspecified atom stereocenters. The Balaban J connectivity index is 2.86. The van der Waals surface area contributed by atoms with Crippen LogP contribution >= 0.6 is 0 Å². The van der Waals surface area contributed by atoms with Crippen molar-refractivity contribution in [3.05, 3.63) is 0 Å². The van der Waals surface area contributed by atoms with E-state index in [4.69, 9.17) is 10.6 Å². The Morgan fingerprint density at radius 2 is 1.72 bits per heavy atom. The van der Waals surface area contributed by atoms with Crippen LogP contribution in [0.2, 0.25) is 0 Å². The lowest BCUT2D eigenvalue weighted by Crippen LogP contribution is -2.59. The van der Waals surface area contributed by atoms with Crippen molar-refractivity contribution in [2.24, 2.45) is 17.2 Å². The molecule has 2 atom stereocenters. The summed E-state index contributed by atoms with van der Waals surface area (Å²) in [4.78, 5) is 0. The molecule has 1 saturated carbocycles. The molecule has 1 aliphatic rings. The molecule has 0 saturated heterocycles. The molecule has 0 aromatic heterocycles. The molecule has 3 heteroatoms. The van der Waals surface area contributed by atoms with E-state index < -0.39 is 0 Å². The van der Waals surface area contributed by atoms with Crippen molar-refractivity contribution in [3.8, 4) is 0 Å². The first-order valence-corrected chi connectivity index (χ1v) is 7.51. The van der Waals surface area contributed by atoms with Crippen molar-refractivity contribution in [1.82, 2.24) is 5.43 Å². The quantitative estimate of drug-likeness (QED) is 0.566. The van der Waals surface area contributed by atoms with Crippen LogP contribution in [0.1, 0.15) is 66.7 Å². The molecule has 0 radical (unpaired) electrons. The van der Waals surface area contributed by atoms with Crippen LogP contribution < -0.4 is 11.3 Å². The van der Waals surface area contributed by atoms with Gasteiger partial charge in [-0.3, -0.25) is 11.3 Å². The fourth-order valence-electron chi connectivity index (χ4n) is 3.25. The summed E-state index contributed by atoms with van der Waals surface area (Å²) in [6.07, 6.45) is 5.82. The Morgan fingerprint density at radius 3 is 2.11 bits per heavy atom. The number of hydrogen-bond donors (Lipinski definition) is 2. The fraction of sp³-hybridized carbons (Fsp3) is 1.00. The maximum atomic E-state index is 6.20. The van der Waals surface area contributed by atoms with Crippen LogP contribution in [0.15, 0.2) is 0 Å². The number of ether oxygens (including phenoxy) is 1. The fourth-order valence-corrected chi connectivity index (χ4v) is 3.25. The van der Waals surface area contributed by atoms with E-state index in [1.807, 2.05) is 0 Å². The van der Waals surface area contributed by atoms with Gasteiger partial charge in [-0.15, -0.1) is 0 Å². The van der Waals surface area contributed by atoms with E-state index in [1.165, 1.54) is 12.8 Å². The van der Waals surface area contributed by atoms with Crippen LogP contribution in [-0.2, 0) is 4.74 Å². The molecule has 3 N–H and O–H groups in total. The van der Waals surface area contributed by atoms with Gasteiger partial charge in [-0.05, 0) is 43.9 Å². The third kappa shape index (κ3) is 3.46. The smallest absolute Gasteiger partial charge is 0.0851 e. The van der Waals surface area contributed by atoms with E-state index in [9.17, 15) is 0 Å². The van der Waals surface area contributed by atoms with Crippen molar-refractivity contribution in [1.29, 1.82) is 0 Å². The van der Waals surface area contributed by atoms with Crippen molar-refractivity contribution in [2.75, 3.05) is 6.61 Å². The first kappa shape index (κ1) is 15.9. The van der Waals surface area contributed by atoms with Gasteiger partial charge in [-0.2, -0.15) is 0 Å². The third-order valence-electron chi connectivity index (χ3n) is 4.84. The lowest BCUT2D eigenvalue weighted by atomic mass is 9.66. The average Bonchev–Trinajstić information content (AvgIpc) is 2.34. The minimum Gasteiger partial charge on any atom is -0.374 e. The molecule has 0 aromatic rings. The van der Waals surface area contributed by atoms with E-state index >= 15 is 0 Å². The molecule has 18 heavy (non-hydrogen) atoms. The maximum absolute atomic E-state index is 6.20. The van der Waals surface area contributed by atoms with Crippen LogP contribution in [-0.4, -0.2) is 18.2 Å². The molecule has 1 aliphatic carbocycles. The number of nitrogens with one attached hydrogen (secondary N) is 1.